The Morgan fingerprint density at radius 2 is 1.83 bits per heavy atom. The largest absolute Gasteiger partial charge is 0.493 e. The van der Waals surface area contributed by atoms with Gasteiger partial charge in [-0.25, -0.2) is 0 Å². The minimum absolute atomic E-state index is 0.103. The van der Waals surface area contributed by atoms with E-state index in [1.165, 1.54) is 0 Å². The van der Waals surface area contributed by atoms with E-state index in [9.17, 15) is 0 Å². The first kappa shape index (κ1) is 17.1. The van der Waals surface area contributed by atoms with E-state index in [1.54, 1.807) is 7.11 Å². The van der Waals surface area contributed by atoms with Gasteiger partial charge in [0, 0.05) is 23.7 Å². The van der Waals surface area contributed by atoms with Crippen molar-refractivity contribution in [3.63, 3.8) is 0 Å². The van der Waals surface area contributed by atoms with Crippen molar-refractivity contribution in [3.8, 4) is 11.5 Å². The Morgan fingerprint density at radius 1 is 1.12 bits per heavy atom. The molecule has 1 aliphatic heterocycles. The molecule has 4 nitrogen and oxygen atoms in total. The molecule has 0 radical (unpaired) electrons. The molecule has 2 atom stereocenters. The highest BCUT2D eigenvalue weighted by Gasteiger charge is 2.31. The molecule has 3 rings (SSSR count). The number of hydrogen-bond donors (Lipinski definition) is 0. The number of para-hydroxylation sites is 2. The van der Waals surface area contributed by atoms with Gasteiger partial charge in [-0.3, -0.25) is 0 Å². The summed E-state index contributed by atoms with van der Waals surface area (Å²) in [5, 5.41) is 0.675. The van der Waals surface area contributed by atoms with Gasteiger partial charge in [-0.05, 0) is 25.2 Å². The zero-order chi connectivity index (χ0) is 16.9. The SMILES string of the molecule is COc1ccccc1OC(c1ccccc1Cl)C1CN(C)CCO1. The van der Waals surface area contributed by atoms with Gasteiger partial charge in [0.25, 0.3) is 0 Å². The fourth-order valence-corrected chi connectivity index (χ4v) is 3.14. The molecule has 0 amide bonds. The van der Waals surface area contributed by atoms with Crippen LogP contribution in [-0.2, 0) is 4.74 Å². The zero-order valence-corrected chi connectivity index (χ0v) is 14.7. The van der Waals surface area contributed by atoms with Crippen LogP contribution in [-0.4, -0.2) is 44.9 Å². The molecule has 2 aromatic rings. The van der Waals surface area contributed by atoms with Crippen molar-refractivity contribution in [2.75, 3.05) is 33.9 Å². The number of methoxy groups -OCH3 is 1. The second-order valence-electron chi connectivity index (χ2n) is 5.88. The highest BCUT2D eigenvalue weighted by Crippen LogP contribution is 2.36. The van der Waals surface area contributed by atoms with Gasteiger partial charge in [0.1, 0.15) is 6.10 Å². The number of morpholine rings is 1. The van der Waals surface area contributed by atoms with Crippen LogP contribution in [0.15, 0.2) is 48.5 Å². The summed E-state index contributed by atoms with van der Waals surface area (Å²) in [6.07, 6.45) is -0.411. The molecule has 1 saturated heterocycles. The van der Waals surface area contributed by atoms with Crippen molar-refractivity contribution < 1.29 is 14.2 Å². The van der Waals surface area contributed by atoms with E-state index in [2.05, 4.69) is 11.9 Å². The quantitative estimate of drug-likeness (QED) is 0.823. The molecule has 24 heavy (non-hydrogen) atoms. The van der Waals surface area contributed by atoms with Crippen molar-refractivity contribution in [3.05, 3.63) is 59.1 Å². The summed E-state index contributed by atoms with van der Waals surface area (Å²) in [6.45, 7) is 2.38. The van der Waals surface area contributed by atoms with Crippen LogP contribution in [0.2, 0.25) is 5.02 Å². The number of halogens is 1. The first-order chi connectivity index (χ1) is 11.7. The Morgan fingerprint density at radius 3 is 2.54 bits per heavy atom. The lowest BCUT2D eigenvalue weighted by Crippen LogP contribution is -2.44. The van der Waals surface area contributed by atoms with Crippen LogP contribution >= 0.6 is 11.6 Å². The maximum Gasteiger partial charge on any atom is 0.162 e. The fourth-order valence-electron chi connectivity index (χ4n) is 2.89. The van der Waals surface area contributed by atoms with Crippen LogP contribution in [0.25, 0.3) is 0 Å². The average molecular weight is 348 g/mol. The summed E-state index contributed by atoms with van der Waals surface area (Å²) >= 11 is 6.43. The molecule has 0 saturated carbocycles. The molecule has 2 unspecified atom stereocenters. The van der Waals surface area contributed by atoms with Crippen molar-refractivity contribution >= 4 is 11.6 Å². The van der Waals surface area contributed by atoms with Crippen molar-refractivity contribution in [1.82, 2.24) is 4.90 Å². The predicted molar refractivity (Wildman–Crippen MR) is 95.1 cm³/mol. The maximum atomic E-state index is 6.43. The van der Waals surface area contributed by atoms with Gasteiger partial charge in [0.15, 0.2) is 17.6 Å². The lowest BCUT2D eigenvalue weighted by Gasteiger charge is -2.35. The maximum absolute atomic E-state index is 6.43. The van der Waals surface area contributed by atoms with Crippen LogP contribution in [0.1, 0.15) is 11.7 Å². The molecular formula is C19H22ClNO3. The van der Waals surface area contributed by atoms with Crippen LogP contribution in [0.3, 0.4) is 0 Å². The number of ether oxygens (including phenoxy) is 3. The van der Waals surface area contributed by atoms with Gasteiger partial charge in [0.05, 0.1) is 13.7 Å². The molecule has 0 spiro atoms. The number of hydrogen-bond acceptors (Lipinski definition) is 4. The molecule has 5 heteroatoms. The van der Waals surface area contributed by atoms with Crippen molar-refractivity contribution in [2.24, 2.45) is 0 Å². The van der Waals surface area contributed by atoms with Gasteiger partial charge < -0.3 is 19.1 Å². The monoisotopic (exact) mass is 347 g/mol. The number of benzene rings is 2. The third kappa shape index (κ3) is 3.83. The van der Waals surface area contributed by atoms with Crippen LogP contribution in [0, 0.1) is 0 Å². The Hall–Kier alpha value is -1.75. The number of rotatable bonds is 5. The normalized spacial score (nSPS) is 19.7. The molecule has 1 heterocycles. The van der Waals surface area contributed by atoms with E-state index in [0.717, 1.165) is 18.7 Å². The minimum Gasteiger partial charge on any atom is -0.493 e. The molecule has 0 aromatic heterocycles. The molecule has 0 N–H and O–H groups in total. The smallest absolute Gasteiger partial charge is 0.162 e. The Bertz CT molecular complexity index is 679. The van der Waals surface area contributed by atoms with Gasteiger partial charge in [0.2, 0.25) is 0 Å². The third-order valence-electron chi connectivity index (χ3n) is 4.17. The van der Waals surface area contributed by atoms with Gasteiger partial charge in [-0.15, -0.1) is 0 Å². The minimum atomic E-state index is -0.308. The average Bonchev–Trinajstić information content (AvgIpc) is 2.61. The Kier molecular flexibility index (Phi) is 5.61. The molecular weight excluding hydrogens is 326 g/mol. The number of nitrogens with zero attached hydrogens (tertiary/aromatic N) is 1. The molecule has 1 fully saturated rings. The van der Waals surface area contributed by atoms with Crippen molar-refractivity contribution in [1.29, 1.82) is 0 Å². The van der Waals surface area contributed by atoms with E-state index in [0.29, 0.717) is 23.1 Å². The topological polar surface area (TPSA) is 30.9 Å². The van der Waals surface area contributed by atoms with Crippen LogP contribution in [0.4, 0.5) is 0 Å². The van der Waals surface area contributed by atoms with Crippen LogP contribution < -0.4 is 9.47 Å². The van der Waals surface area contributed by atoms with Crippen LogP contribution in [0.5, 0.6) is 11.5 Å². The summed E-state index contributed by atoms with van der Waals surface area (Å²) in [6, 6.07) is 15.4. The first-order valence-corrected chi connectivity index (χ1v) is 8.41. The Labute approximate surface area is 147 Å². The second-order valence-corrected chi connectivity index (χ2v) is 6.29. The van der Waals surface area contributed by atoms with E-state index in [-0.39, 0.29) is 12.2 Å². The summed E-state index contributed by atoms with van der Waals surface area (Å²) in [5.74, 6) is 1.38. The highest BCUT2D eigenvalue weighted by molar-refractivity contribution is 6.31. The number of likely N-dealkylation sites (N-methyl/N-ethyl adjacent to an activating group) is 1. The lowest BCUT2D eigenvalue weighted by atomic mass is 10.0. The predicted octanol–water partition coefficient (Wildman–Crippen LogP) is 3.80. The molecule has 0 bridgehead atoms. The van der Waals surface area contributed by atoms with Gasteiger partial charge in [-0.2, -0.15) is 0 Å². The van der Waals surface area contributed by atoms with Gasteiger partial charge in [-0.1, -0.05) is 41.9 Å². The zero-order valence-electron chi connectivity index (χ0n) is 13.9. The van der Waals surface area contributed by atoms with Crippen molar-refractivity contribution in [2.45, 2.75) is 12.2 Å². The molecule has 2 aromatic carbocycles. The summed E-state index contributed by atoms with van der Waals surface area (Å²) in [5.41, 5.74) is 0.922. The lowest BCUT2D eigenvalue weighted by molar-refractivity contribution is -0.0763. The Balaban J connectivity index is 1.94. The second kappa shape index (κ2) is 7.88. The van der Waals surface area contributed by atoms with E-state index in [4.69, 9.17) is 25.8 Å². The summed E-state index contributed by atoms with van der Waals surface area (Å²) < 4.78 is 17.7. The fraction of sp³-hybridized carbons (Fsp3) is 0.368. The standard InChI is InChI=1S/C19H22ClNO3/c1-21-11-12-23-18(13-21)19(14-7-3-4-8-15(14)20)24-17-10-6-5-9-16(17)22-2/h3-10,18-19H,11-13H2,1-2H3. The highest BCUT2D eigenvalue weighted by atomic mass is 35.5. The molecule has 128 valence electrons. The summed E-state index contributed by atoms with van der Waals surface area (Å²) in [7, 11) is 3.72. The van der Waals surface area contributed by atoms with E-state index < -0.39 is 0 Å². The molecule has 0 aliphatic carbocycles. The van der Waals surface area contributed by atoms with Gasteiger partial charge >= 0.3 is 0 Å². The first-order valence-electron chi connectivity index (χ1n) is 8.03. The van der Waals surface area contributed by atoms with E-state index in [1.807, 2.05) is 48.5 Å². The third-order valence-corrected chi connectivity index (χ3v) is 4.51. The molecule has 1 aliphatic rings. The van der Waals surface area contributed by atoms with E-state index >= 15 is 0 Å². The summed E-state index contributed by atoms with van der Waals surface area (Å²) in [4.78, 5) is 2.24.